The highest BCUT2D eigenvalue weighted by Crippen LogP contribution is 2.31. The molecule has 0 aromatic heterocycles. The maximum absolute atomic E-state index is 5.30. The molecule has 0 radical (unpaired) electrons. The predicted octanol–water partition coefficient (Wildman–Crippen LogP) is 6.27. The minimum atomic E-state index is 0.293. The van der Waals surface area contributed by atoms with E-state index in [9.17, 15) is 0 Å². The van der Waals surface area contributed by atoms with E-state index in [2.05, 4.69) is 99.9 Å². The van der Waals surface area contributed by atoms with Crippen molar-refractivity contribution in [2.75, 3.05) is 22.9 Å². The van der Waals surface area contributed by atoms with Gasteiger partial charge in [-0.1, -0.05) is 75.9 Å². The number of amidine groups is 2. The van der Waals surface area contributed by atoms with Crippen molar-refractivity contribution in [3.05, 3.63) is 59.7 Å². The Balaban J connectivity index is 1.77. The molecule has 2 aromatic rings. The fraction of sp³-hybridized carbons (Fsp3) is 0.500. The Morgan fingerprint density at radius 1 is 0.688 bits per heavy atom. The second-order valence-electron chi connectivity index (χ2n) is 9.70. The highest BCUT2D eigenvalue weighted by molar-refractivity contribution is 6.50. The van der Waals surface area contributed by atoms with E-state index in [0.29, 0.717) is 23.9 Å². The van der Waals surface area contributed by atoms with Crippen LogP contribution in [0.4, 0.5) is 11.4 Å². The van der Waals surface area contributed by atoms with Gasteiger partial charge < -0.3 is 9.80 Å². The van der Waals surface area contributed by atoms with Gasteiger partial charge in [-0.25, -0.2) is 0 Å². The molecule has 0 bridgehead atoms. The van der Waals surface area contributed by atoms with Crippen LogP contribution in [0.2, 0.25) is 0 Å². The van der Waals surface area contributed by atoms with Gasteiger partial charge in [0.2, 0.25) is 0 Å². The Bertz CT molecular complexity index is 892. The molecule has 170 valence electrons. The number of hydrogen-bond donors (Lipinski definition) is 0. The summed E-state index contributed by atoms with van der Waals surface area (Å²) < 4.78 is 0. The molecular formula is C28H38N4. The SMILES string of the molecule is CCC(C)[C@H]1CN(c2ccc(C)cc2)C(C2=N[C@@H](C(C)CC)CN2c2ccc(C)cc2)=N1. The standard InChI is InChI=1S/C28H38N4/c1-7-21(5)25-17-31(23-13-9-19(3)10-14-23)27(29-25)28-30-26(22(6)8-2)18-32(28)24-15-11-20(4)12-16-24/h9-16,21-22,25-26H,7-8,17-18H2,1-6H3/t21?,22?,25-,26-/m1/s1. The molecule has 0 saturated carbocycles. The maximum atomic E-state index is 5.30. The van der Waals surface area contributed by atoms with Gasteiger partial charge in [-0.15, -0.1) is 0 Å². The van der Waals surface area contributed by atoms with E-state index in [1.54, 1.807) is 0 Å². The third-order valence-corrected chi connectivity index (χ3v) is 7.32. The van der Waals surface area contributed by atoms with Crippen molar-refractivity contribution in [1.29, 1.82) is 0 Å². The van der Waals surface area contributed by atoms with Crippen LogP contribution in [0.3, 0.4) is 0 Å². The lowest BCUT2D eigenvalue weighted by Crippen LogP contribution is -2.42. The number of aryl methyl sites for hydroxylation is 2. The van der Waals surface area contributed by atoms with Gasteiger partial charge in [-0.05, 0) is 49.9 Å². The zero-order chi connectivity index (χ0) is 22.8. The monoisotopic (exact) mass is 430 g/mol. The molecule has 0 N–H and O–H groups in total. The van der Waals surface area contributed by atoms with Crippen molar-refractivity contribution in [2.24, 2.45) is 21.8 Å². The number of rotatable bonds is 7. The number of aliphatic imine (C=N–C) groups is 2. The molecule has 0 aliphatic carbocycles. The molecule has 32 heavy (non-hydrogen) atoms. The van der Waals surface area contributed by atoms with E-state index in [-0.39, 0.29) is 0 Å². The molecule has 2 aliphatic rings. The molecule has 0 amide bonds. The summed E-state index contributed by atoms with van der Waals surface area (Å²) in [5, 5.41) is 0. The van der Waals surface area contributed by atoms with Crippen LogP contribution in [-0.2, 0) is 0 Å². The first-order chi connectivity index (χ1) is 15.4. The number of nitrogens with zero attached hydrogens (tertiary/aromatic N) is 4. The highest BCUT2D eigenvalue weighted by Gasteiger charge is 2.38. The van der Waals surface area contributed by atoms with E-state index in [1.165, 1.54) is 22.5 Å². The topological polar surface area (TPSA) is 31.2 Å². The van der Waals surface area contributed by atoms with E-state index in [4.69, 9.17) is 9.98 Å². The second kappa shape index (κ2) is 9.48. The van der Waals surface area contributed by atoms with Gasteiger partial charge in [-0.2, -0.15) is 0 Å². The van der Waals surface area contributed by atoms with Crippen LogP contribution in [0, 0.1) is 25.7 Å². The van der Waals surface area contributed by atoms with Gasteiger partial charge in [0.15, 0.2) is 11.7 Å². The molecule has 2 aromatic carbocycles. The van der Waals surface area contributed by atoms with Gasteiger partial charge in [0.1, 0.15) is 0 Å². The minimum Gasteiger partial charge on any atom is -0.321 e. The predicted molar refractivity (Wildman–Crippen MR) is 138 cm³/mol. The van der Waals surface area contributed by atoms with E-state index < -0.39 is 0 Å². The Labute approximate surface area is 194 Å². The first kappa shape index (κ1) is 22.6. The van der Waals surface area contributed by atoms with Gasteiger partial charge in [0.05, 0.1) is 12.1 Å². The largest absolute Gasteiger partial charge is 0.321 e. The third kappa shape index (κ3) is 4.46. The van der Waals surface area contributed by atoms with Gasteiger partial charge >= 0.3 is 0 Å². The quantitative estimate of drug-likeness (QED) is 0.518. The smallest absolute Gasteiger partial charge is 0.172 e. The van der Waals surface area contributed by atoms with E-state index in [1.807, 2.05) is 0 Å². The molecule has 0 saturated heterocycles. The summed E-state index contributed by atoms with van der Waals surface area (Å²) in [5.41, 5.74) is 4.97. The summed E-state index contributed by atoms with van der Waals surface area (Å²) >= 11 is 0. The van der Waals surface area contributed by atoms with Crippen LogP contribution in [0.1, 0.15) is 51.7 Å². The van der Waals surface area contributed by atoms with Crippen LogP contribution in [0.15, 0.2) is 58.5 Å². The highest BCUT2D eigenvalue weighted by atomic mass is 15.4. The van der Waals surface area contributed by atoms with Crippen molar-refractivity contribution in [1.82, 2.24) is 0 Å². The van der Waals surface area contributed by atoms with E-state index >= 15 is 0 Å². The van der Waals surface area contributed by atoms with Crippen LogP contribution in [0.5, 0.6) is 0 Å². The number of benzene rings is 2. The van der Waals surface area contributed by atoms with Crippen LogP contribution < -0.4 is 9.80 Å². The Morgan fingerprint density at radius 3 is 1.34 bits per heavy atom. The van der Waals surface area contributed by atoms with Crippen molar-refractivity contribution < 1.29 is 0 Å². The summed E-state index contributed by atoms with van der Waals surface area (Å²) in [7, 11) is 0. The molecule has 2 aliphatic heterocycles. The van der Waals surface area contributed by atoms with Crippen LogP contribution >= 0.6 is 0 Å². The average Bonchev–Trinajstić information content (AvgIpc) is 3.44. The van der Waals surface area contributed by atoms with Gasteiger partial charge in [0.25, 0.3) is 0 Å². The Kier molecular flexibility index (Phi) is 6.68. The normalized spacial score (nSPS) is 22.7. The zero-order valence-electron chi connectivity index (χ0n) is 20.5. The molecule has 4 atom stereocenters. The first-order valence-corrected chi connectivity index (χ1v) is 12.3. The van der Waals surface area contributed by atoms with Gasteiger partial charge in [0, 0.05) is 24.5 Å². The molecule has 2 heterocycles. The zero-order valence-corrected chi connectivity index (χ0v) is 20.5. The molecular weight excluding hydrogens is 392 g/mol. The summed E-state index contributed by atoms with van der Waals surface area (Å²) in [6.07, 6.45) is 2.26. The lowest BCUT2D eigenvalue weighted by Gasteiger charge is -2.27. The fourth-order valence-electron chi connectivity index (χ4n) is 4.50. The number of hydrogen-bond acceptors (Lipinski definition) is 4. The van der Waals surface area contributed by atoms with Crippen molar-refractivity contribution in [2.45, 2.75) is 66.5 Å². The molecule has 0 fully saturated rings. The molecule has 2 unspecified atom stereocenters. The summed E-state index contributed by atoms with van der Waals surface area (Å²) in [4.78, 5) is 15.4. The fourth-order valence-corrected chi connectivity index (χ4v) is 4.50. The Morgan fingerprint density at radius 2 is 1.03 bits per heavy atom. The average molecular weight is 431 g/mol. The van der Waals surface area contributed by atoms with E-state index in [0.717, 1.165) is 37.6 Å². The van der Waals surface area contributed by atoms with Crippen LogP contribution in [-0.4, -0.2) is 36.8 Å². The molecule has 0 spiro atoms. The number of anilines is 2. The second-order valence-corrected chi connectivity index (χ2v) is 9.70. The molecule has 4 nitrogen and oxygen atoms in total. The molecule has 4 rings (SSSR count). The molecule has 4 heteroatoms. The summed E-state index contributed by atoms with van der Waals surface area (Å²) in [5.74, 6) is 3.15. The lowest BCUT2D eigenvalue weighted by atomic mass is 10.00. The third-order valence-electron chi connectivity index (χ3n) is 7.32. The van der Waals surface area contributed by atoms with Crippen molar-refractivity contribution in [3.63, 3.8) is 0 Å². The first-order valence-electron chi connectivity index (χ1n) is 12.3. The van der Waals surface area contributed by atoms with Crippen molar-refractivity contribution in [3.8, 4) is 0 Å². The Hall–Kier alpha value is -2.62. The summed E-state index contributed by atoms with van der Waals surface area (Å²) in [6.45, 7) is 15.3. The minimum absolute atomic E-state index is 0.293. The van der Waals surface area contributed by atoms with Crippen molar-refractivity contribution >= 4 is 23.0 Å². The van der Waals surface area contributed by atoms with Gasteiger partial charge in [-0.3, -0.25) is 9.98 Å². The lowest BCUT2D eigenvalue weighted by molar-refractivity contribution is 0.465. The maximum Gasteiger partial charge on any atom is 0.172 e. The summed E-state index contributed by atoms with van der Waals surface area (Å²) in [6, 6.07) is 18.3. The van der Waals surface area contributed by atoms with Crippen LogP contribution in [0.25, 0.3) is 0 Å².